The first-order valence-electron chi connectivity index (χ1n) is 5.50. The predicted octanol–water partition coefficient (Wildman–Crippen LogP) is 1.85. The summed E-state index contributed by atoms with van der Waals surface area (Å²) in [5, 5.41) is 0. The molecule has 0 saturated heterocycles. The monoisotopic (exact) mass is 228 g/mol. The molecule has 0 radical (unpaired) electrons. The maximum Gasteiger partial charge on any atom is 0.127 e. The van der Waals surface area contributed by atoms with Gasteiger partial charge in [-0.2, -0.15) is 0 Å². The molecule has 0 bridgehead atoms. The lowest BCUT2D eigenvalue weighted by atomic mass is 10.1. The van der Waals surface area contributed by atoms with Crippen molar-refractivity contribution in [2.45, 2.75) is 20.3 Å². The van der Waals surface area contributed by atoms with E-state index < -0.39 is 0 Å². The van der Waals surface area contributed by atoms with Crippen LogP contribution in [0, 0.1) is 13.8 Å². The number of pyridine rings is 2. The second kappa shape index (κ2) is 4.41. The number of nitrogens with two attached hydrogens (primary N) is 2. The third-order valence-electron chi connectivity index (χ3n) is 2.68. The molecule has 0 amide bonds. The standard InChI is InChI=1S/C13H16N4/c1-8-3-5-10(12(14)16-8)7-11-6-4-9(2)17-13(11)15/h3-6H,7H2,1-2H3,(H2,14,16)(H2,15,17). The maximum atomic E-state index is 5.88. The van der Waals surface area contributed by atoms with E-state index >= 15 is 0 Å². The van der Waals surface area contributed by atoms with E-state index in [0.717, 1.165) is 22.5 Å². The van der Waals surface area contributed by atoms with Gasteiger partial charge in [-0.05, 0) is 37.1 Å². The molecule has 17 heavy (non-hydrogen) atoms. The predicted molar refractivity (Wildman–Crippen MR) is 69.6 cm³/mol. The Labute approximate surface area is 101 Å². The summed E-state index contributed by atoms with van der Waals surface area (Å²) >= 11 is 0. The van der Waals surface area contributed by atoms with E-state index in [9.17, 15) is 0 Å². The lowest BCUT2D eigenvalue weighted by Gasteiger charge is -2.08. The van der Waals surface area contributed by atoms with Gasteiger partial charge in [0.05, 0.1) is 0 Å². The molecule has 88 valence electrons. The summed E-state index contributed by atoms with van der Waals surface area (Å²) in [6, 6.07) is 7.86. The third kappa shape index (κ3) is 2.53. The van der Waals surface area contributed by atoms with E-state index in [1.807, 2.05) is 38.1 Å². The van der Waals surface area contributed by atoms with Crippen LogP contribution in [0.5, 0.6) is 0 Å². The van der Waals surface area contributed by atoms with Gasteiger partial charge >= 0.3 is 0 Å². The zero-order valence-electron chi connectivity index (χ0n) is 10.1. The smallest absolute Gasteiger partial charge is 0.127 e. The Morgan fingerprint density at radius 3 is 1.59 bits per heavy atom. The molecule has 0 fully saturated rings. The molecule has 2 rings (SSSR count). The van der Waals surface area contributed by atoms with E-state index in [4.69, 9.17) is 11.5 Å². The highest BCUT2D eigenvalue weighted by Gasteiger charge is 2.06. The van der Waals surface area contributed by atoms with Crippen molar-refractivity contribution in [3.05, 3.63) is 46.8 Å². The van der Waals surface area contributed by atoms with E-state index in [1.165, 1.54) is 0 Å². The Balaban J connectivity index is 2.31. The Morgan fingerprint density at radius 2 is 1.24 bits per heavy atom. The second-order valence-corrected chi connectivity index (χ2v) is 4.17. The number of nitrogens with zero attached hydrogens (tertiary/aromatic N) is 2. The lowest BCUT2D eigenvalue weighted by molar-refractivity contribution is 1.09. The van der Waals surface area contributed by atoms with Crippen molar-refractivity contribution in [2.75, 3.05) is 11.5 Å². The van der Waals surface area contributed by atoms with Gasteiger partial charge in [0.1, 0.15) is 11.6 Å². The van der Waals surface area contributed by atoms with Crippen LogP contribution in [0.3, 0.4) is 0 Å². The summed E-state index contributed by atoms with van der Waals surface area (Å²) < 4.78 is 0. The molecule has 4 heteroatoms. The Morgan fingerprint density at radius 1 is 0.824 bits per heavy atom. The fourth-order valence-electron chi connectivity index (χ4n) is 1.72. The van der Waals surface area contributed by atoms with Crippen LogP contribution < -0.4 is 11.5 Å². The number of aromatic nitrogens is 2. The van der Waals surface area contributed by atoms with E-state index in [2.05, 4.69) is 9.97 Å². The molecule has 4 N–H and O–H groups in total. The molecule has 0 unspecified atom stereocenters. The first kappa shape index (κ1) is 11.4. The second-order valence-electron chi connectivity index (χ2n) is 4.17. The van der Waals surface area contributed by atoms with Crippen LogP contribution in [-0.2, 0) is 6.42 Å². The van der Waals surface area contributed by atoms with E-state index in [0.29, 0.717) is 18.1 Å². The molecule has 2 aromatic rings. The number of anilines is 2. The number of hydrogen-bond donors (Lipinski definition) is 2. The Kier molecular flexibility index (Phi) is 2.95. The van der Waals surface area contributed by atoms with Gasteiger partial charge in [0, 0.05) is 17.8 Å². The van der Waals surface area contributed by atoms with Gasteiger partial charge in [-0.25, -0.2) is 9.97 Å². The third-order valence-corrected chi connectivity index (χ3v) is 2.68. The summed E-state index contributed by atoms with van der Waals surface area (Å²) in [5.41, 5.74) is 15.5. The van der Waals surface area contributed by atoms with Gasteiger partial charge in [0.15, 0.2) is 0 Å². The van der Waals surface area contributed by atoms with Crippen LogP contribution in [0.25, 0.3) is 0 Å². The normalized spacial score (nSPS) is 10.5. The van der Waals surface area contributed by atoms with Gasteiger partial charge in [0.2, 0.25) is 0 Å². The molecule has 4 nitrogen and oxygen atoms in total. The molecule has 0 saturated carbocycles. The average molecular weight is 228 g/mol. The number of nitrogen functional groups attached to an aromatic ring is 2. The summed E-state index contributed by atoms with van der Waals surface area (Å²) in [5.74, 6) is 1.12. The minimum atomic E-state index is 0.560. The van der Waals surface area contributed by atoms with E-state index in [1.54, 1.807) is 0 Å². The summed E-state index contributed by atoms with van der Waals surface area (Å²) in [7, 11) is 0. The quantitative estimate of drug-likeness (QED) is 0.822. The molecule has 0 spiro atoms. The highest BCUT2D eigenvalue weighted by Crippen LogP contribution is 2.18. The highest BCUT2D eigenvalue weighted by atomic mass is 14.9. The van der Waals surface area contributed by atoms with Crippen LogP contribution in [0.1, 0.15) is 22.5 Å². The van der Waals surface area contributed by atoms with Crippen molar-refractivity contribution in [3.8, 4) is 0 Å². The first-order chi connectivity index (χ1) is 8.06. The van der Waals surface area contributed by atoms with Crippen molar-refractivity contribution < 1.29 is 0 Å². The van der Waals surface area contributed by atoms with Gasteiger partial charge in [-0.15, -0.1) is 0 Å². The summed E-state index contributed by atoms with van der Waals surface area (Å²) in [4.78, 5) is 8.47. The maximum absolute atomic E-state index is 5.88. The topological polar surface area (TPSA) is 77.8 Å². The van der Waals surface area contributed by atoms with Crippen LogP contribution in [0.4, 0.5) is 11.6 Å². The van der Waals surface area contributed by atoms with Crippen molar-refractivity contribution >= 4 is 11.6 Å². The Hall–Kier alpha value is -2.10. The molecule has 2 heterocycles. The molecule has 2 aromatic heterocycles. The fraction of sp³-hybridized carbons (Fsp3) is 0.231. The van der Waals surface area contributed by atoms with Gasteiger partial charge in [-0.3, -0.25) is 0 Å². The van der Waals surface area contributed by atoms with Crippen LogP contribution in [0.2, 0.25) is 0 Å². The van der Waals surface area contributed by atoms with Crippen LogP contribution >= 0.6 is 0 Å². The van der Waals surface area contributed by atoms with Crippen LogP contribution in [-0.4, -0.2) is 9.97 Å². The van der Waals surface area contributed by atoms with Crippen molar-refractivity contribution in [1.29, 1.82) is 0 Å². The van der Waals surface area contributed by atoms with Crippen molar-refractivity contribution in [1.82, 2.24) is 9.97 Å². The van der Waals surface area contributed by atoms with E-state index in [-0.39, 0.29) is 0 Å². The number of hydrogen-bond acceptors (Lipinski definition) is 4. The molecule has 0 aromatic carbocycles. The summed E-state index contributed by atoms with van der Waals surface area (Å²) in [6.45, 7) is 3.84. The SMILES string of the molecule is Cc1ccc(Cc2ccc(C)nc2N)c(N)n1. The van der Waals surface area contributed by atoms with Crippen molar-refractivity contribution in [3.63, 3.8) is 0 Å². The number of rotatable bonds is 2. The van der Waals surface area contributed by atoms with Gasteiger partial charge in [-0.1, -0.05) is 12.1 Å². The molecular weight excluding hydrogens is 212 g/mol. The lowest BCUT2D eigenvalue weighted by Crippen LogP contribution is -2.03. The summed E-state index contributed by atoms with van der Waals surface area (Å²) in [6.07, 6.45) is 0.665. The molecule has 0 aliphatic rings. The van der Waals surface area contributed by atoms with Crippen LogP contribution in [0.15, 0.2) is 24.3 Å². The minimum Gasteiger partial charge on any atom is -0.383 e. The average Bonchev–Trinajstić information content (AvgIpc) is 2.25. The molecule has 0 aliphatic heterocycles. The van der Waals surface area contributed by atoms with Gasteiger partial charge < -0.3 is 11.5 Å². The van der Waals surface area contributed by atoms with Crippen molar-refractivity contribution in [2.24, 2.45) is 0 Å². The van der Waals surface area contributed by atoms with Gasteiger partial charge in [0.25, 0.3) is 0 Å². The molecule has 0 aliphatic carbocycles. The zero-order chi connectivity index (χ0) is 12.4. The number of aryl methyl sites for hydroxylation is 2. The fourth-order valence-corrected chi connectivity index (χ4v) is 1.72. The first-order valence-corrected chi connectivity index (χ1v) is 5.50. The largest absolute Gasteiger partial charge is 0.383 e. The Bertz CT molecular complexity index is 500. The molecule has 0 atom stereocenters. The highest BCUT2D eigenvalue weighted by molar-refractivity contribution is 5.48. The zero-order valence-corrected chi connectivity index (χ0v) is 10.1. The molecular formula is C13H16N4. The minimum absolute atomic E-state index is 0.560.